The van der Waals surface area contributed by atoms with E-state index in [4.69, 9.17) is 16.2 Å². The lowest BCUT2D eigenvalue weighted by atomic mass is 9.78. The molecule has 1 aliphatic rings. The van der Waals surface area contributed by atoms with E-state index in [-0.39, 0.29) is 0 Å². The minimum Gasteiger partial charge on any atom is -0.438 e. The summed E-state index contributed by atoms with van der Waals surface area (Å²) in [6, 6.07) is 15.1. The molecule has 2 amide bonds. The zero-order valence-electron chi connectivity index (χ0n) is 14.0. The Balaban J connectivity index is 2.01. The van der Waals surface area contributed by atoms with Crippen LogP contribution in [0.1, 0.15) is 48.0 Å². The molecule has 1 aliphatic carbocycles. The Morgan fingerprint density at radius 1 is 0.880 bits per heavy atom. The number of amides is 2. The molecule has 3 rings (SSSR count). The third-order valence-corrected chi connectivity index (χ3v) is 4.83. The Hall–Kier alpha value is -2.82. The number of hydrogen-bond donors (Lipinski definition) is 2. The normalized spacial score (nSPS) is 16.2. The molecule has 0 saturated heterocycles. The van der Waals surface area contributed by atoms with Gasteiger partial charge in [-0.1, -0.05) is 36.8 Å². The number of primary amides is 2. The standard InChI is InChI=1S/C20H22N2O3/c21-18(23)16-8-4-6-14(12-16)15-7-5-9-17(13-15)20(25-19(22)24)10-2-1-3-11-20/h4-9,12-13H,1-3,10-11H2,(H2,21,23)(H2,22,24). The van der Waals surface area contributed by atoms with Crippen molar-refractivity contribution in [3.8, 4) is 11.1 Å². The van der Waals surface area contributed by atoms with Gasteiger partial charge < -0.3 is 16.2 Å². The van der Waals surface area contributed by atoms with Crippen LogP contribution in [0.4, 0.5) is 4.79 Å². The Morgan fingerprint density at radius 3 is 2.16 bits per heavy atom. The highest BCUT2D eigenvalue weighted by Gasteiger charge is 2.37. The summed E-state index contributed by atoms with van der Waals surface area (Å²) in [5, 5.41) is 0. The first-order valence-corrected chi connectivity index (χ1v) is 8.49. The third kappa shape index (κ3) is 3.65. The van der Waals surface area contributed by atoms with Crippen LogP contribution in [0.25, 0.3) is 11.1 Å². The molecule has 0 unspecified atom stereocenters. The summed E-state index contributed by atoms with van der Waals surface area (Å²) in [5.74, 6) is -0.459. The molecule has 0 aliphatic heterocycles. The quantitative estimate of drug-likeness (QED) is 0.889. The Morgan fingerprint density at radius 2 is 1.52 bits per heavy atom. The van der Waals surface area contributed by atoms with Crippen LogP contribution >= 0.6 is 0 Å². The van der Waals surface area contributed by atoms with Crippen LogP contribution in [0, 0.1) is 0 Å². The molecule has 4 N–H and O–H groups in total. The fourth-order valence-corrected chi connectivity index (χ4v) is 3.60. The average molecular weight is 338 g/mol. The van der Waals surface area contributed by atoms with E-state index in [1.54, 1.807) is 18.2 Å². The molecular weight excluding hydrogens is 316 g/mol. The fourth-order valence-electron chi connectivity index (χ4n) is 3.60. The molecule has 130 valence electrons. The maximum atomic E-state index is 11.5. The van der Waals surface area contributed by atoms with Crippen LogP contribution in [0.3, 0.4) is 0 Å². The molecule has 1 saturated carbocycles. The van der Waals surface area contributed by atoms with Crippen molar-refractivity contribution in [2.45, 2.75) is 37.7 Å². The lowest BCUT2D eigenvalue weighted by Crippen LogP contribution is -2.36. The minimum atomic E-state index is -0.747. The van der Waals surface area contributed by atoms with Crippen molar-refractivity contribution in [3.63, 3.8) is 0 Å². The predicted molar refractivity (Wildman–Crippen MR) is 95.8 cm³/mol. The number of ether oxygens (including phenoxy) is 1. The third-order valence-electron chi connectivity index (χ3n) is 4.83. The number of nitrogens with two attached hydrogens (primary N) is 2. The minimum absolute atomic E-state index is 0.459. The first-order chi connectivity index (χ1) is 12.0. The van der Waals surface area contributed by atoms with Crippen LogP contribution in [0.15, 0.2) is 48.5 Å². The maximum absolute atomic E-state index is 11.5. The Labute approximate surface area is 147 Å². The number of hydrogen-bond acceptors (Lipinski definition) is 3. The van der Waals surface area contributed by atoms with Crippen LogP contribution in [0.2, 0.25) is 0 Å². The van der Waals surface area contributed by atoms with Crippen molar-refractivity contribution in [2.75, 3.05) is 0 Å². The first kappa shape index (κ1) is 17.0. The smallest absolute Gasteiger partial charge is 0.405 e. The van der Waals surface area contributed by atoms with Crippen LogP contribution in [-0.4, -0.2) is 12.0 Å². The van der Waals surface area contributed by atoms with E-state index in [0.29, 0.717) is 5.56 Å². The molecule has 5 heteroatoms. The maximum Gasteiger partial charge on any atom is 0.405 e. The van der Waals surface area contributed by atoms with Gasteiger partial charge in [0.2, 0.25) is 5.91 Å². The highest BCUT2D eigenvalue weighted by Crippen LogP contribution is 2.41. The van der Waals surface area contributed by atoms with Crippen molar-refractivity contribution in [1.29, 1.82) is 0 Å². The Kier molecular flexibility index (Phi) is 4.74. The van der Waals surface area contributed by atoms with Crippen molar-refractivity contribution < 1.29 is 14.3 Å². The zero-order valence-corrected chi connectivity index (χ0v) is 14.0. The van der Waals surface area contributed by atoms with Crippen LogP contribution in [0.5, 0.6) is 0 Å². The molecule has 2 aromatic rings. The number of rotatable bonds is 4. The highest BCUT2D eigenvalue weighted by atomic mass is 16.6. The van der Waals surface area contributed by atoms with Crippen LogP contribution < -0.4 is 11.5 Å². The summed E-state index contributed by atoms with van der Waals surface area (Å²) in [5.41, 5.74) is 13.3. The van der Waals surface area contributed by atoms with Gasteiger partial charge in [0.25, 0.3) is 0 Å². The SMILES string of the molecule is NC(=O)OC1(c2cccc(-c3cccc(C(N)=O)c3)c2)CCCCC1. The molecule has 0 bridgehead atoms. The van der Waals surface area contributed by atoms with E-state index >= 15 is 0 Å². The molecule has 25 heavy (non-hydrogen) atoms. The van der Waals surface area contributed by atoms with Gasteiger partial charge in [-0.05, 0) is 60.6 Å². The summed E-state index contributed by atoms with van der Waals surface area (Å²) in [6.45, 7) is 0. The van der Waals surface area contributed by atoms with Gasteiger partial charge in [-0.2, -0.15) is 0 Å². The van der Waals surface area contributed by atoms with Gasteiger partial charge in [-0.3, -0.25) is 4.79 Å². The zero-order chi connectivity index (χ0) is 17.9. The topological polar surface area (TPSA) is 95.4 Å². The number of carbonyl (C=O) groups excluding carboxylic acids is 2. The van der Waals surface area contributed by atoms with E-state index < -0.39 is 17.6 Å². The number of benzene rings is 2. The van der Waals surface area contributed by atoms with Gasteiger partial charge in [0.05, 0.1) is 0 Å². The van der Waals surface area contributed by atoms with Gasteiger partial charge >= 0.3 is 6.09 Å². The van der Waals surface area contributed by atoms with Crippen molar-refractivity contribution in [2.24, 2.45) is 11.5 Å². The second-order valence-electron chi connectivity index (χ2n) is 6.50. The largest absolute Gasteiger partial charge is 0.438 e. The second kappa shape index (κ2) is 6.97. The molecule has 1 fully saturated rings. The van der Waals surface area contributed by atoms with Gasteiger partial charge in [0, 0.05) is 5.56 Å². The Bertz CT molecular complexity index is 795. The van der Waals surface area contributed by atoms with Crippen molar-refractivity contribution in [1.82, 2.24) is 0 Å². The van der Waals surface area contributed by atoms with E-state index in [1.807, 2.05) is 30.3 Å². The van der Waals surface area contributed by atoms with E-state index in [9.17, 15) is 9.59 Å². The van der Waals surface area contributed by atoms with Crippen LogP contribution in [-0.2, 0) is 10.3 Å². The molecule has 5 nitrogen and oxygen atoms in total. The predicted octanol–water partition coefficient (Wildman–Crippen LogP) is 3.71. The molecule has 0 aromatic heterocycles. The second-order valence-corrected chi connectivity index (χ2v) is 6.50. The lowest BCUT2D eigenvalue weighted by Gasteiger charge is -2.36. The summed E-state index contributed by atoms with van der Waals surface area (Å²) >= 11 is 0. The highest BCUT2D eigenvalue weighted by molar-refractivity contribution is 5.94. The van der Waals surface area contributed by atoms with E-state index in [1.165, 1.54) is 0 Å². The molecule has 0 atom stereocenters. The summed E-state index contributed by atoms with van der Waals surface area (Å²) in [7, 11) is 0. The van der Waals surface area contributed by atoms with Gasteiger partial charge in [-0.25, -0.2) is 4.79 Å². The summed E-state index contributed by atoms with van der Waals surface area (Å²) in [4.78, 5) is 22.9. The molecule has 0 heterocycles. The number of carbonyl (C=O) groups is 2. The van der Waals surface area contributed by atoms with Gasteiger partial charge in [0.1, 0.15) is 5.60 Å². The van der Waals surface area contributed by atoms with E-state index in [0.717, 1.165) is 48.8 Å². The molecule has 0 spiro atoms. The van der Waals surface area contributed by atoms with Gasteiger partial charge in [-0.15, -0.1) is 0 Å². The van der Waals surface area contributed by atoms with Crippen molar-refractivity contribution in [3.05, 3.63) is 59.7 Å². The first-order valence-electron chi connectivity index (χ1n) is 8.49. The average Bonchev–Trinajstić information content (AvgIpc) is 2.62. The fraction of sp³-hybridized carbons (Fsp3) is 0.300. The summed E-state index contributed by atoms with van der Waals surface area (Å²) < 4.78 is 5.58. The molecular formula is C20H22N2O3. The van der Waals surface area contributed by atoms with E-state index in [2.05, 4.69) is 0 Å². The monoisotopic (exact) mass is 338 g/mol. The summed E-state index contributed by atoms with van der Waals surface area (Å²) in [6.07, 6.45) is 3.90. The van der Waals surface area contributed by atoms with Crippen molar-refractivity contribution >= 4 is 12.0 Å². The molecule has 0 radical (unpaired) electrons. The molecule has 2 aromatic carbocycles. The van der Waals surface area contributed by atoms with Gasteiger partial charge in [0.15, 0.2) is 0 Å². The lowest BCUT2D eigenvalue weighted by molar-refractivity contribution is -0.0165.